The number of hydrogen-bond donors (Lipinski definition) is 4. The van der Waals surface area contributed by atoms with Gasteiger partial charge >= 0.3 is 0 Å². The Morgan fingerprint density at radius 2 is 1.82 bits per heavy atom. The monoisotopic (exact) mass is 710 g/mol. The van der Waals surface area contributed by atoms with Crippen LogP contribution < -0.4 is 16.2 Å². The fourth-order valence-corrected chi connectivity index (χ4v) is 8.22. The van der Waals surface area contributed by atoms with Crippen LogP contribution in [0.2, 0.25) is 0 Å². The first-order valence-corrected chi connectivity index (χ1v) is 18.8. The highest BCUT2D eigenvalue weighted by Crippen LogP contribution is 2.32. The van der Waals surface area contributed by atoms with Crippen LogP contribution >= 0.6 is 11.3 Å². The maximum atomic E-state index is 13.4. The summed E-state index contributed by atoms with van der Waals surface area (Å²) < 4.78 is 1.52. The van der Waals surface area contributed by atoms with Crippen LogP contribution in [0.3, 0.4) is 0 Å². The molecule has 2 aromatic heterocycles. The summed E-state index contributed by atoms with van der Waals surface area (Å²) >= 11 is 1.61. The number of piperazine rings is 1. The van der Waals surface area contributed by atoms with E-state index in [1.165, 1.54) is 34.3 Å². The highest BCUT2D eigenvalue weighted by atomic mass is 32.1. The van der Waals surface area contributed by atoms with Crippen molar-refractivity contribution in [2.75, 3.05) is 63.6 Å². The van der Waals surface area contributed by atoms with E-state index < -0.39 is 0 Å². The first-order valence-electron chi connectivity index (χ1n) is 18.0. The number of carbonyl (C=O) groups is 1. The summed E-state index contributed by atoms with van der Waals surface area (Å²) in [6.45, 7) is 9.09. The molecule has 1 aliphatic heterocycles. The van der Waals surface area contributed by atoms with Gasteiger partial charge in [-0.05, 0) is 80.1 Å². The van der Waals surface area contributed by atoms with Gasteiger partial charge in [0.05, 0.1) is 23.2 Å². The number of anilines is 3. The summed E-state index contributed by atoms with van der Waals surface area (Å²) in [4.78, 5) is 40.0. The van der Waals surface area contributed by atoms with Crippen LogP contribution in [0.25, 0.3) is 11.3 Å². The van der Waals surface area contributed by atoms with Crippen molar-refractivity contribution in [3.8, 4) is 11.3 Å². The molecule has 3 heterocycles. The summed E-state index contributed by atoms with van der Waals surface area (Å²) in [5.74, 6) is 0.532. The van der Waals surface area contributed by atoms with Gasteiger partial charge in [0.1, 0.15) is 5.84 Å². The van der Waals surface area contributed by atoms with Crippen molar-refractivity contribution >= 4 is 40.3 Å². The standard InChI is InChI=1S/C39H50N8O3S/c1-5-46-18-20-47(21-19-46)35(36(40)44(3)22-23-48)27-14-16-29(17-15-27)41-37-39(50)45(4)25-32(42-37)30-11-9-12-31(26(30)2)43-38(49)34-24-28-10-7-6-8-13-33(28)51-34/h9,11-12,14-17,24-25,35,40,48H,5-8,10,13,18-23H2,1-4H3,(H,41,42)(H,43,49). The molecule has 270 valence electrons. The predicted octanol–water partition coefficient (Wildman–Crippen LogP) is 5.66. The number of benzene rings is 2. The maximum Gasteiger partial charge on any atom is 0.293 e. The number of likely N-dealkylation sites (N-methyl/N-ethyl adjacent to an activating group) is 2. The number of amidine groups is 1. The second-order valence-electron chi connectivity index (χ2n) is 13.6. The van der Waals surface area contributed by atoms with Crippen LogP contribution in [0, 0.1) is 12.3 Å². The molecule has 2 aliphatic rings. The fraction of sp³-hybridized carbons (Fsp3) is 0.436. The summed E-state index contributed by atoms with van der Waals surface area (Å²) in [6, 6.07) is 15.4. The Morgan fingerprint density at radius 1 is 1.08 bits per heavy atom. The van der Waals surface area contributed by atoms with Crippen molar-refractivity contribution in [1.29, 1.82) is 5.41 Å². The molecule has 51 heavy (non-hydrogen) atoms. The number of aliphatic hydroxyl groups is 1. The van der Waals surface area contributed by atoms with Crippen molar-refractivity contribution in [3.05, 3.63) is 91.5 Å². The second-order valence-corrected chi connectivity index (χ2v) is 14.7. The molecule has 11 nitrogen and oxygen atoms in total. The van der Waals surface area contributed by atoms with Gasteiger partial charge < -0.3 is 30.1 Å². The number of amides is 1. The number of aromatic nitrogens is 2. The van der Waals surface area contributed by atoms with Gasteiger partial charge in [0.25, 0.3) is 11.5 Å². The Morgan fingerprint density at radius 3 is 2.55 bits per heavy atom. The number of aryl methyl sites for hydroxylation is 3. The molecule has 4 aromatic rings. The lowest BCUT2D eigenvalue weighted by Gasteiger charge is -2.41. The zero-order valence-electron chi connectivity index (χ0n) is 30.2. The van der Waals surface area contributed by atoms with Gasteiger partial charge in [-0.15, -0.1) is 11.3 Å². The van der Waals surface area contributed by atoms with Gasteiger partial charge in [0, 0.05) is 74.8 Å². The minimum Gasteiger partial charge on any atom is -0.395 e. The molecule has 1 atom stereocenters. The van der Waals surface area contributed by atoms with Crippen LogP contribution in [-0.2, 0) is 19.9 Å². The minimum atomic E-state index is -0.263. The highest BCUT2D eigenvalue weighted by molar-refractivity contribution is 7.14. The van der Waals surface area contributed by atoms with Crippen LogP contribution in [-0.4, -0.2) is 94.0 Å². The maximum absolute atomic E-state index is 13.4. The van der Waals surface area contributed by atoms with E-state index in [0.29, 0.717) is 29.4 Å². The molecule has 4 N–H and O–H groups in total. The van der Waals surface area contributed by atoms with E-state index in [-0.39, 0.29) is 29.9 Å². The Balaban J connectivity index is 1.22. The molecule has 1 fully saturated rings. The number of fused-ring (bicyclic) bond motifs is 1. The van der Waals surface area contributed by atoms with Crippen molar-refractivity contribution in [1.82, 2.24) is 24.3 Å². The molecule has 1 aliphatic carbocycles. The summed E-state index contributed by atoms with van der Waals surface area (Å²) in [6.07, 6.45) is 7.40. The van der Waals surface area contributed by atoms with Crippen molar-refractivity contribution in [3.63, 3.8) is 0 Å². The molecular formula is C39H50N8O3S. The third-order valence-corrected chi connectivity index (χ3v) is 11.4. The van der Waals surface area contributed by atoms with Crippen molar-refractivity contribution in [2.45, 2.75) is 52.0 Å². The smallest absolute Gasteiger partial charge is 0.293 e. The van der Waals surface area contributed by atoms with Crippen molar-refractivity contribution in [2.24, 2.45) is 7.05 Å². The lowest BCUT2D eigenvalue weighted by molar-refractivity contribution is 0.103. The number of rotatable bonds is 11. The normalized spacial score (nSPS) is 15.9. The van der Waals surface area contributed by atoms with Crippen LogP contribution in [0.15, 0.2) is 59.5 Å². The van der Waals surface area contributed by atoms with E-state index in [1.54, 1.807) is 29.5 Å². The molecule has 1 saturated heterocycles. The molecule has 0 spiro atoms. The lowest BCUT2D eigenvalue weighted by Crippen LogP contribution is -2.51. The number of nitrogens with zero attached hydrogens (tertiary/aromatic N) is 5. The average molecular weight is 711 g/mol. The number of thiophene rings is 1. The quantitative estimate of drug-likeness (QED) is 0.0892. The highest BCUT2D eigenvalue weighted by Gasteiger charge is 2.30. The first-order chi connectivity index (χ1) is 24.7. The van der Waals surface area contributed by atoms with E-state index in [1.807, 2.05) is 56.4 Å². The number of carbonyl (C=O) groups excluding carboxylic acids is 1. The first kappa shape index (κ1) is 36.4. The van der Waals surface area contributed by atoms with E-state index >= 15 is 0 Å². The Hall–Kier alpha value is -4.36. The average Bonchev–Trinajstić information content (AvgIpc) is 3.42. The number of aliphatic hydroxyl groups excluding tert-OH is 1. The Bertz CT molecular complexity index is 1890. The molecule has 0 radical (unpaired) electrons. The third kappa shape index (κ3) is 8.25. The molecular weight excluding hydrogens is 661 g/mol. The van der Waals surface area contributed by atoms with Crippen LogP contribution in [0.5, 0.6) is 0 Å². The Labute approximate surface area is 304 Å². The zero-order chi connectivity index (χ0) is 36.1. The predicted molar refractivity (Wildman–Crippen MR) is 207 cm³/mol. The van der Waals surface area contributed by atoms with Crippen LogP contribution in [0.4, 0.5) is 17.2 Å². The third-order valence-electron chi connectivity index (χ3n) is 10.2. The van der Waals surface area contributed by atoms with E-state index in [2.05, 4.69) is 33.4 Å². The topological polar surface area (TPSA) is 130 Å². The van der Waals surface area contributed by atoms with Crippen molar-refractivity contribution < 1.29 is 9.90 Å². The van der Waals surface area contributed by atoms with Gasteiger partial charge in [-0.25, -0.2) is 4.98 Å². The number of hydrogen-bond acceptors (Lipinski definition) is 9. The van der Waals surface area contributed by atoms with E-state index in [9.17, 15) is 14.7 Å². The minimum absolute atomic E-state index is 0.0196. The van der Waals surface area contributed by atoms with Gasteiger partial charge in [-0.2, -0.15) is 0 Å². The summed E-state index contributed by atoms with van der Waals surface area (Å²) in [7, 11) is 3.56. The van der Waals surface area contributed by atoms with Gasteiger partial charge in [0.15, 0.2) is 5.82 Å². The van der Waals surface area contributed by atoms with E-state index in [4.69, 9.17) is 10.4 Å². The lowest BCUT2D eigenvalue weighted by atomic mass is 10.0. The summed E-state index contributed by atoms with van der Waals surface area (Å²) in [5, 5.41) is 24.9. The fourth-order valence-electron chi connectivity index (χ4n) is 7.07. The summed E-state index contributed by atoms with van der Waals surface area (Å²) in [5.41, 5.74) is 5.74. The SMILES string of the molecule is CCN1CCN(C(C(=N)N(C)CCO)c2ccc(Nc3nc(-c4cccc(NC(=O)c5cc6c(s5)CCCCC6)c4C)cn(C)c3=O)cc2)CC1. The molecule has 2 aromatic carbocycles. The zero-order valence-corrected chi connectivity index (χ0v) is 31.0. The largest absolute Gasteiger partial charge is 0.395 e. The molecule has 1 amide bonds. The van der Waals surface area contributed by atoms with Crippen LogP contribution in [0.1, 0.15) is 63.5 Å². The van der Waals surface area contributed by atoms with E-state index in [0.717, 1.165) is 67.1 Å². The second kappa shape index (κ2) is 16.3. The molecule has 0 bridgehead atoms. The Kier molecular flexibility index (Phi) is 11.7. The van der Waals surface area contributed by atoms with Gasteiger partial charge in [-0.3, -0.25) is 19.9 Å². The van der Waals surface area contributed by atoms with Gasteiger partial charge in [-0.1, -0.05) is 37.6 Å². The number of nitrogens with one attached hydrogen (secondary N) is 3. The molecule has 0 saturated carbocycles. The van der Waals surface area contributed by atoms with Gasteiger partial charge in [0.2, 0.25) is 0 Å². The molecule has 1 unspecified atom stereocenters. The molecule has 6 rings (SSSR count). The molecule has 12 heteroatoms.